The Hall–Kier alpha value is -0.870. The Kier molecular flexibility index (Phi) is 4.63. The summed E-state index contributed by atoms with van der Waals surface area (Å²) in [6.07, 6.45) is 4.46. The summed E-state index contributed by atoms with van der Waals surface area (Å²) in [4.78, 5) is 0. The van der Waals surface area contributed by atoms with Crippen LogP contribution in [0, 0.1) is 6.92 Å². The van der Waals surface area contributed by atoms with Gasteiger partial charge in [-0.1, -0.05) is 12.8 Å². The van der Waals surface area contributed by atoms with Gasteiger partial charge in [0.05, 0.1) is 17.4 Å². The fraction of sp³-hybridized carbons (Fsp3) is 0.800. The molecule has 0 spiro atoms. The second kappa shape index (κ2) is 6.06. The van der Waals surface area contributed by atoms with Crippen LogP contribution in [0.15, 0.2) is 6.07 Å². The molecule has 1 saturated carbocycles. The summed E-state index contributed by atoms with van der Waals surface area (Å²) < 4.78 is 7.90. The Morgan fingerprint density at radius 1 is 1.42 bits per heavy atom. The summed E-state index contributed by atoms with van der Waals surface area (Å²) in [6, 6.07) is 2.07. The standard InChI is InChI=1S/C15H26N2O2/c1-4-17-13(10-12(3)16-17)11-14(18)15(19-5-2)8-6-7-9-15/h10,14,18H,4-9,11H2,1-3H3. The molecule has 1 aliphatic rings. The van der Waals surface area contributed by atoms with Crippen LogP contribution in [-0.2, 0) is 17.7 Å². The molecule has 4 heteroatoms. The summed E-state index contributed by atoms with van der Waals surface area (Å²) in [5, 5.41) is 15.1. The van der Waals surface area contributed by atoms with Crippen molar-refractivity contribution in [1.82, 2.24) is 9.78 Å². The molecule has 0 aliphatic heterocycles. The first-order valence-corrected chi connectivity index (χ1v) is 7.46. The number of aromatic nitrogens is 2. The Morgan fingerprint density at radius 3 is 2.68 bits per heavy atom. The van der Waals surface area contributed by atoms with Crippen LogP contribution < -0.4 is 0 Å². The number of aryl methyl sites for hydroxylation is 2. The number of ether oxygens (including phenoxy) is 1. The SMILES string of the molecule is CCOC1(C(O)Cc2cc(C)nn2CC)CCCC1. The minimum Gasteiger partial charge on any atom is -0.390 e. The maximum absolute atomic E-state index is 10.6. The maximum atomic E-state index is 10.6. The molecule has 1 atom stereocenters. The zero-order valence-electron chi connectivity index (χ0n) is 12.4. The first kappa shape index (κ1) is 14.5. The first-order valence-electron chi connectivity index (χ1n) is 7.46. The number of hydrogen-bond acceptors (Lipinski definition) is 3. The van der Waals surface area contributed by atoms with Crippen molar-refractivity contribution < 1.29 is 9.84 Å². The van der Waals surface area contributed by atoms with Gasteiger partial charge in [0.1, 0.15) is 0 Å². The highest BCUT2D eigenvalue weighted by atomic mass is 16.5. The lowest BCUT2D eigenvalue weighted by atomic mass is 9.91. The van der Waals surface area contributed by atoms with Crippen molar-refractivity contribution in [1.29, 1.82) is 0 Å². The van der Waals surface area contributed by atoms with Gasteiger partial charge in [-0.2, -0.15) is 5.10 Å². The molecular weight excluding hydrogens is 240 g/mol. The monoisotopic (exact) mass is 266 g/mol. The van der Waals surface area contributed by atoms with Crippen LogP contribution in [-0.4, -0.2) is 33.2 Å². The quantitative estimate of drug-likeness (QED) is 0.860. The van der Waals surface area contributed by atoms with Crippen LogP contribution in [0.3, 0.4) is 0 Å². The molecule has 1 aromatic rings. The van der Waals surface area contributed by atoms with E-state index in [9.17, 15) is 5.11 Å². The van der Waals surface area contributed by atoms with E-state index >= 15 is 0 Å². The topological polar surface area (TPSA) is 47.3 Å². The molecule has 2 rings (SSSR count). The molecule has 1 fully saturated rings. The van der Waals surface area contributed by atoms with Gasteiger partial charge in [-0.3, -0.25) is 4.68 Å². The van der Waals surface area contributed by atoms with Crippen molar-refractivity contribution in [2.24, 2.45) is 0 Å². The molecule has 0 radical (unpaired) electrons. The average Bonchev–Trinajstić information content (AvgIpc) is 2.97. The Bertz CT molecular complexity index is 408. The Balaban J connectivity index is 2.12. The lowest BCUT2D eigenvalue weighted by molar-refractivity contribution is -0.116. The second-order valence-electron chi connectivity index (χ2n) is 5.52. The average molecular weight is 266 g/mol. The minimum atomic E-state index is -0.434. The van der Waals surface area contributed by atoms with E-state index in [0.717, 1.165) is 43.6 Å². The molecular formula is C15H26N2O2. The summed E-state index contributed by atoms with van der Waals surface area (Å²) in [7, 11) is 0. The van der Waals surface area contributed by atoms with Crippen molar-refractivity contribution in [2.45, 2.75) is 71.1 Å². The van der Waals surface area contributed by atoms with Gasteiger partial charge in [0.25, 0.3) is 0 Å². The van der Waals surface area contributed by atoms with Crippen LogP contribution in [0.4, 0.5) is 0 Å². The second-order valence-corrected chi connectivity index (χ2v) is 5.52. The molecule has 4 nitrogen and oxygen atoms in total. The van der Waals surface area contributed by atoms with Gasteiger partial charge >= 0.3 is 0 Å². The van der Waals surface area contributed by atoms with Crippen molar-refractivity contribution >= 4 is 0 Å². The highest BCUT2D eigenvalue weighted by Gasteiger charge is 2.41. The largest absolute Gasteiger partial charge is 0.390 e. The number of aliphatic hydroxyl groups excluding tert-OH is 1. The molecule has 1 aliphatic carbocycles. The molecule has 1 N–H and O–H groups in total. The highest BCUT2D eigenvalue weighted by molar-refractivity contribution is 5.12. The summed E-state index contributed by atoms with van der Waals surface area (Å²) in [5.74, 6) is 0. The summed E-state index contributed by atoms with van der Waals surface area (Å²) >= 11 is 0. The van der Waals surface area contributed by atoms with Gasteiger partial charge in [-0.25, -0.2) is 0 Å². The van der Waals surface area contributed by atoms with Crippen LogP contribution in [0.2, 0.25) is 0 Å². The fourth-order valence-corrected chi connectivity index (χ4v) is 3.26. The van der Waals surface area contributed by atoms with Crippen LogP contribution >= 0.6 is 0 Å². The first-order chi connectivity index (χ1) is 9.11. The number of rotatable bonds is 6. The summed E-state index contributed by atoms with van der Waals surface area (Å²) in [5.41, 5.74) is 1.80. The molecule has 0 saturated heterocycles. The molecule has 19 heavy (non-hydrogen) atoms. The normalized spacial score (nSPS) is 19.8. The van der Waals surface area contributed by atoms with Crippen molar-refractivity contribution in [2.75, 3.05) is 6.61 Å². The molecule has 0 amide bonds. The van der Waals surface area contributed by atoms with Crippen LogP contribution in [0.25, 0.3) is 0 Å². The molecule has 1 heterocycles. The van der Waals surface area contributed by atoms with E-state index in [4.69, 9.17) is 4.74 Å². The highest BCUT2D eigenvalue weighted by Crippen LogP contribution is 2.37. The minimum absolute atomic E-state index is 0.328. The third kappa shape index (κ3) is 3.00. The lowest BCUT2D eigenvalue weighted by Gasteiger charge is -2.34. The van der Waals surface area contributed by atoms with E-state index in [0.29, 0.717) is 13.0 Å². The van der Waals surface area contributed by atoms with Gasteiger partial charge in [0.2, 0.25) is 0 Å². The van der Waals surface area contributed by atoms with Gasteiger partial charge in [-0.15, -0.1) is 0 Å². The van der Waals surface area contributed by atoms with Gasteiger partial charge in [-0.05, 0) is 39.7 Å². The molecule has 0 aromatic carbocycles. The lowest BCUT2D eigenvalue weighted by Crippen LogP contribution is -2.44. The smallest absolute Gasteiger partial charge is 0.0943 e. The van der Waals surface area contributed by atoms with Crippen molar-refractivity contribution in [3.63, 3.8) is 0 Å². The number of aliphatic hydroxyl groups is 1. The number of nitrogens with zero attached hydrogens (tertiary/aromatic N) is 2. The van der Waals surface area contributed by atoms with Crippen LogP contribution in [0.5, 0.6) is 0 Å². The van der Waals surface area contributed by atoms with E-state index in [-0.39, 0.29) is 5.60 Å². The van der Waals surface area contributed by atoms with Gasteiger partial charge < -0.3 is 9.84 Å². The number of hydrogen-bond donors (Lipinski definition) is 1. The van der Waals surface area contributed by atoms with E-state index in [1.54, 1.807) is 0 Å². The Labute approximate surface area is 115 Å². The van der Waals surface area contributed by atoms with Gasteiger partial charge in [0.15, 0.2) is 0 Å². The van der Waals surface area contributed by atoms with Crippen LogP contribution in [0.1, 0.15) is 50.9 Å². The molecule has 1 aromatic heterocycles. The fourth-order valence-electron chi connectivity index (χ4n) is 3.26. The van der Waals surface area contributed by atoms with E-state index < -0.39 is 6.10 Å². The molecule has 0 bridgehead atoms. The van der Waals surface area contributed by atoms with Crippen molar-refractivity contribution in [3.8, 4) is 0 Å². The predicted octanol–water partition coefficient (Wildman–Crippen LogP) is 2.46. The molecule has 1 unspecified atom stereocenters. The third-order valence-corrected chi connectivity index (χ3v) is 4.18. The van der Waals surface area contributed by atoms with E-state index in [2.05, 4.69) is 18.1 Å². The predicted molar refractivity (Wildman–Crippen MR) is 75.2 cm³/mol. The zero-order valence-corrected chi connectivity index (χ0v) is 12.4. The van der Waals surface area contributed by atoms with Gasteiger partial charge in [0, 0.05) is 25.3 Å². The van der Waals surface area contributed by atoms with E-state index in [1.165, 1.54) is 0 Å². The third-order valence-electron chi connectivity index (χ3n) is 4.18. The zero-order chi connectivity index (χ0) is 13.9. The van der Waals surface area contributed by atoms with E-state index in [1.807, 2.05) is 18.5 Å². The molecule has 108 valence electrons. The Morgan fingerprint density at radius 2 is 2.11 bits per heavy atom. The maximum Gasteiger partial charge on any atom is 0.0943 e. The summed E-state index contributed by atoms with van der Waals surface area (Å²) in [6.45, 7) is 7.60. The van der Waals surface area contributed by atoms with Crippen molar-refractivity contribution in [3.05, 3.63) is 17.5 Å².